The van der Waals surface area contributed by atoms with Crippen molar-refractivity contribution in [3.8, 4) is 6.07 Å². The molecule has 1 aromatic rings. The van der Waals surface area contributed by atoms with Gasteiger partial charge in [-0.1, -0.05) is 18.2 Å². The van der Waals surface area contributed by atoms with Gasteiger partial charge in [0.2, 0.25) is 0 Å². The second-order valence-corrected chi connectivity index (χ2v) is 7.08. The molecule has 0 aliphatic heterocycles. The molecule has 0 saturated carbocycles. The fourth-order valence-corrected chi connectivity index (χ4v) is 3.91. The lowest BCUT2D eigenvalue weighted by Gasteiger charge is -2.24. The molecule has 0 heterocycles. The van der Waals surface area contributed by atoms with Crippen LogP contribution in [0.3, 0.4) is 0 Å². The lowest BCUT2D eigenvalue weighted by atomic mass is 10.2. The summed E-state index contributed by atoms with van der Waals surface area (Å²) < 4.78 is 27.9. The van der Waals surface area contributed by atoms with Crippen molar-refractivity contribution in [2.45, 2.75) is 25.3 Å². The molecule has 0 spiro atoms. The van der Waals surface area contributed by atoms with Crippen molar-refractivity contribution in [1.82, 2.24) is 5.09 Å². The smallest absolute Gasteiger partial charge is 0.323 e. The molecule has 0 aliphatic rings. The molecule has 2 atom stereocenters. The molecular formula is C16H21N2O6P. The van der Waals surface area contributed by atoms with E-state index in [-0.39, 0.29) is 25.9 Å². The summed E-state index contributed by atoms with van der Waals surface area (Å²) in [6, 6.07) is 9.16. The number of hydrogen-bond acceptors (Lipinski definition) is 7. The Labute approximate surface area is 146 Å². The molecule has 0 radical (unpaired) electrons. The number of methoxy groups -OCH3 is 2. The van der Waals surface area contributed by atoms with Crippen LogP contribution < -0.4 is 10.4 Å². The van der Waals surface area contributed by atoms with Gasteiger partial charge < -0.3 is 14.0 Å². The topological polar surface area (TPSA) is 115 Å². The second-order valence-electron chi connectivity index (χ2n) is 4.95. The standard InChI is InChI=1S/C16H21N2O6P/c1-22-15(19)10-9-14(16(20)23-2)18-25(21,24-12-6-11-17)13-7-4-3-5-8-13/h3-5,7-8,14H,6,9-10,12H2,1-2H3,(H,18,21)/t14-,25?/m0/s1. The van der Waals surface area contributed by atoms with Gasteiger partial charge in [-0.05, 0) is 18.6 Å². The minimum Gasteiger partial charge on any atom is -0.469 e. The van der Waals surface area contributed by atoms with E-state index in [0.29, 0.717) is 5.30 Å². The second kappa shape index (κ2) is 10.6. The van der Waals surface area contributed by atoms with Crippen LogP contribution in [0.4, 0.5) is 0 Å². The van der Waals surface area contributed by atoms with Gasteiger partial charge in [0.15, 0.2) is 0 Å². The summed E-state index contributed by atoms with van der Waals surface area (Å²) in [5.41, 5.74) is 0. The lowest BCUT2D eigenvalue weighted by molar-refractivity contribution is -0.144. The maximum absolute atomic E-state index is 13.3. The molecule has 8 nitrogen and oxygen atoms in total. The summed E-state index contributed by atoms with van der Waals surface area (Å²) in [6.07, 6.45) is 0.0115. The van der Waals surface area contributed by atoms with Crippen LogP contribution >= 0.6 is 7.52 Å². The number of ether oxygens (including phenoxy) is 2. The van der Waals surface area contributed by atoms with Crippen molar-refractivity contribution in [3.05, 3.63) is 30.3 Å². The van der Waals surface area contributed by atoms with Crippen molar-refractivity contribution >= 4 is 24.8 Å². The molecule has 1 aromatic carbocycles. The highest BCUT2D eigenvalue weighted by atomic mass is 31.2. The molecule has 0 aromatic heterocycles. The molecule has 9 heteroatoms. The minimum absolute atomic E-state index is 0.0256. The Balaban J connectivity index is 3.01. The first-order valence-corrected chi connectivity index (χ1v) is 9.19. The predicted molar refractivity (Wildman–Crippen MR) is 90.1 cm³/mol. The summed E-state index contributed by atoms with van der Waals surface area (Å²) in [7, 11) is -1.21. The van der Waals surface area contributed by atoms with E-state index < -0.39 is 25.5 Å². The summed E-state index contributed by atoms with van der Waals surface area (Å²) >= 11 is 0. The first-order valence-electron chi connectivity index (χ1n) is 7.56. The van der Waals surface area contributed by atoms with E-state index in [1.807, 2.05) is 6.07 Å². The molecule has 1 rings (SSSR count). The number of rotatable bonds is 10. The van der Waals surface area contributed by atoms with Crippen molar-refractivity contribution in [2.75, 3.05) is 20.8 Å². The quantitative estimate of drug-likeness (QED) is 0.375. The van der Waals surface area contributed by atoms with Crippen LogP contribution in [-0.2, 0) is 28.2 Å². The van der Waals surface area contributed by atoms with Crippen molar-refractivity contribution < 1.29 is 28.2 Å². The molecule has 1 unspecified atom stereocenters. The largest absolute Gasteiger partial charge is 0.469 e. The molecule has 0 saturated heterocycles. The molecule has 1 N–H and O–H groups in total. The number of nitriles is 1. The Morgan fingerprint density at radius 1 is 1.24 bits per heavy atom. The highest BCUT2D eigenvalue weighted by Crippen LogP contribution is 2.42. The first-order chi connectivity index (χ1) is 12.0. The maximum Gasteiger partial charge on any atom is 0.323 e. The third-order valence-electron chi connectivity index (χ3n) is 3.26. The van der Waals surface area contributed by atoms with Gasteiger partial charge in [0.05, 0.1) is 38.6 Å². The van der Waals surface area contributed by atoms with E-state index in [4.69, 9.17) is 14.5 Å². The zero-order chi connectivity index (χ0) is 18.7. The summed E-state index contributed by atoms with van der Waals surface area (Å²) in [6.45, 7) is -0.0689. The first kappa shape index (κ1) is 20.8. The Morgan fingerprint density at radius 3 is 2.48 bits per heavy atom. The van der Waals surface area contributed by atoms with Gasteiger partial charge in [-0.2, -0.15) is 5.26 Å². The van der Waals surface area contributed by atoms with Crippen LogP contribution in [0.15, 0.2) is 30.3 Å². The lowest BCUT2D eigenvalue weighted by Crippen LogP contribution is -2.39. The van der Waals surface area contributed by atoms with Crippen LogP contribution in [0.25, 0.3) is 0 Å². The number of nitrogens with one attached hydrogen (secondary N) is 1. The highest BCUT2D eigenvalue weighted by molar-refractivity contribution is 7.65. The van der Waals surface area contributed by atoms with Gasteiger partial charge in [-0.15, -0.1) is 0 Å². The van der Waals surface area contributed by atoms with E-state index in [2.05, 4.69) is 9.82 Å². The van der Waals surface area contributed by atoms with E-state index >= 15 is 0 Å². The zero-order valence-corrected chi connectivity index (χ0v) is 15.0. The Morgan fingerprint density at radius 2 is 1.92 bits per heavy atom. The fourth-order valence-electron chi connectivity index (χ4n) is 1.98. The van der Waals surface area contributed by atoms with Crippen LogP contribution in [0.5, 0.6) is 0 Å². The predicted octanol–water partition coefficient (Wildman–Crippen LogP) is 1.52. The average Bonchev–Trinajstić information content (AvgIpc) is 2.65. The van der Waals surface area contributed by atoms with E-state index in [1.165, 1.54) is 14.2 Å². The van der Waals surface area contributed by atoms with Crippen LogP contribution in [0.1, 0.15) is 19.3 Å². The number of nitrogens with zero attached hydrogens (tertiary/aromatic N) is 1. The molecule has 0 fully saturated rings. The summed E-state index contributed by atoms with van der Waals surface area (Å²) in [4.78, 5) is 23.3. The number of esters is 2. The molecule has 0 aliphatic carbocycles. The van der Waals surface area contributed by atoms with Gasteiger partial charge in [-0.25, -0.2) is 5.09 Å². The van der Waals surface area contributed by atoms with Crippen LogP contribution in [0.2, 0.25) is 0 Å². The van der Waals surface area contributed by atoms with Gasteiger partial charge >= 0.3 is 11.9 Å². The normalized spacial score (nSPS) is 14.0. The maximum atomic E-state index is 13.3. The van der Waals surface area contributed by atoms with Crippen molar-refractivity contribution in [3.63, 3.8) is 0 Å². The van der Waals surface area contributed by atoms with Gasteiger partial charge in [-0.3, -0.25) is 14.2 Å². The summed E-state index contributed by atoms with van der Waals surface area (Å²) in [5.74, 6) is -1.18. The third-order valence-corrected chi connectivity index (χ3v) is 5.44. The molecule has 25 heavy (non-hydrogen) atoms. The van der Waals surface area contributed by atoms with Gasteiger partial charge in [0.1, 0.15) is 6.04 Å². The van der Waals surface area contributed by atoms with Crippen LogP contribution in [0, 0.1) is 11.3 Å². The average molecular weight is 368 g/mol. The molecule has 0 bridgehead atoms. The Kier molecular flexibility index (Phi) is 8.86. The Hall–Kier alpha value is -2.20. The molecule has 136 valence electrons. The van der Waals surface area contributed by atoms with Crippen molar-refractivity contribution in [2.24, 2.45) is 0 Å². The monoisotopic (exact) mass is 368 g/mol. The van der Waals surface area contributed by atoms with E-state index in [1.54, 1.807) is 30.3 Å². The number of carbonyl (C=O) groups is 2. The van der Waals surface area contributed by atoms with Gasteiger partial charge in [0, 0.05) is 6.42 Å². The van der Waals surface area contributed by atoms with E-state index in [0.717, 1.165) is 0 Å². The zero-order valence-electron chi connectivity index (χ0n) is 14.1. The molecular weight excluding hydrogens is 347 g/mol. The SMILES string of the molecule is COC(=O)CC[C@H](NP(=O)(OCCC#N)c1ccccc1)C(=O)OC. The Bertz CT molecular complexity index is 658. The number of hydrogen-bond donors (Lipinski definition) is 1. The van der Waals surface area contributed by atoms with Crippen LogP contribution in [-0.4, -0.2) is 38.8 Å². The highest BCUT2D eigenvalue weighted by Gasteiger charge is 2.33. The number of carbonyl (C=O) groups excluding carboxylic acids is 2. The summed E-state index contributed by atoms with van der Waals surface area (Å²) in [5, 5.41) is 11.7. The van der Waals surface area contributed by atoms with Crippen molar-refractivity contribution in [1.29, 1.82) is 5.26 Å². The fraction of sp³-hybridized carbons (Fsp3) is 0.438. The van der Waals surface area contributed by atoms with E-state index in [9.17, 15) is 14.2 Å². The third kappa shape index (κ3) is 6.67. The molecule has 0 amide bonds. The number of benzene rings is 1. The minimum atomic E-state index is -3.65. The van der Waals surface area contributed by atoms with Gasteiger partial charge in [0.25, 0.3) is 7.52 Å².